The molecule has 3 nitrogen and oxygen atoms in total. The van der Waals surface area contributed by atoms with Crippen molar-refractivity contribution < 1.29 is 0 Å². The zero-order valence-corrected chi connectivity index (χ0v) is 11.1. The van der Waals surface area contributed by atoms with Crippen molar-refractivity contribution in [3.05, 3.63) is 65.5 Å². The molecule has 0 radical (unpaired) electrons. The van der Waals surface area contributed by atoms with Crippen molar-refractivity contribution >= 4 is 0 Å². The van der Waals surface area contributed by atoms with Gasteiger partial charge in [-0.1, -0.05) is 31.2 Å². The topological polar surface area (TPSA) is 37.0 Å². The molecule has 1 aliphatic rings. The molecule has 0 bridgehead atoms. The van der Waals surface area contributed by atoms with E-state index in [4.69, 9.17) is 0 Å². The summed E-state index contributed by atoms with van der Waals surface area (Å²) in [6, 6.07) is 13.8. The summed E-state index contributed by atoms with van der Waals surface area (Å²) in [5.41, 5.74) is 10.8. The van der Waals surface area contributed by atoms with Crippen LogP contribution in [0.3, 0.4) is 0 Å². The number of benzene rings is 1. The van der Waals surface area contributed by atoms with Crippen LogP contribution in [0.5, 0.6) is 0 Å². The predicted octanol–water partition coefficient (Wildman–Crippen LogP) is 2.92. The number of nitrogens with one attached hydrogen (secondary N) is 2. The Morgan fingerprint density at radius 2 is 1.53 bits per heavy atom. The number of aromatic nitrogens is 1. The second kappa shape index (κ2) is 5.51. The van der Waals surface area contributed by atoms with Crippen LogP contribution < -0.4 is 10.9 Å². The van der Waals surface area contributed by atoms with E-state index >= 15 is 0 Å². The molecule has 98 valence electrons. The van der Waals surface area contributed by atoms with Gasteiger partial charge in [-0.3, -0.25) is 4.98 Å². The molecule has 2 heterocycles. The van der Waals surface area contributed by atoms with Gasteiger partial charge in [-0.15, -0.1) is 0 Å². The van der Waals surface area contributed by atoms with Crippen LogP contribution in [0.25, 0.3) is 0 Å². The second-order valence-electron chi connectivity index (χ2n) is 5.01. The fourth-order valence-corrected chi connectivity index (χ4v) is 2.57. The van der Waals surface area contributed by atoms with E-state index in [0.717, 1.165) is 12.8 Å². The Morgan fingerprint density at radius 3 is 2.11 bits per heavy atom. The van der Waals surface area contributed by atoms with Crippen LogP contribution in [0.2, 0.25) is 0 Å². The smallest absolute Gasteiger partial charge is 0.0482 e. The summed E-state index contributed by atoms with van der Waals surface area (Å²) in [5.74, 6) is 0. The van der Waals surface area contributed by atoms with Gasteiger partial charge in [0.05, 0.1) is 0 Å². The number of rotatable bonds is 3. The first-order valence-electron chi connectivity index (χ1n) is 6.86. The van der Waals surface area contributed by atoms with E-state index in [1.54, 1.807) is 0 Å². The first kappa shape index (κ1) is 12.3. The highest BCUT2D eigenvalue weighted by Gasteiger charge is 2.25. The first-order valence-corrected chi connectivity index (χ1v) is 6.86. The molecule has 2 aromatic rings. The molecule has 19 heavy (non-hydrogen) atoms. The summed E-state index contributed by atoms with van der Waals surface area (Å²) in [6.07, 6.45) is 5.85. The maximum absolute atomic E-state index is 4.06. The number of hydrazine groups is 1. The van der Waals surface area contributed by atoms with Gasteiger partial charge in [0.2, 0.25) is 0 Å². The van der Waals surface area contributed by atoms with E-state index in [2.05, 4.69) is 59.2 Å². The van der Waals surface area contributed by atoms with Crippen LogP contribution in [0.15, 0.2) is 48.8 Å². The van der Waals surface area contributed by atoms with Crippen molar-refractivity contribution in [3.63, 3.8) is 0 Å². The van der Waals surface area contributed by atoms with Crippen LogP contribution in [0.4, 0.5) is 0 Å². The van der Waals surface area contributed by atoms with Gasteiger partial charge in [0.25, 0.3) is 0 Å². The second-order valence-corrected chi connectivity index (χ2v) is 5.01. The average Bonchev–Trinajstić information content (AvgIpc) is 2.98. The van der Waals surface area contributed by atoms with Crippen molar-refractivity contribution in [2.75, 3.05) is 0 Å². The lowest BCUT2D eigenvalue weighted by Crippen LogP contribution is -2.26. The van der Waals surface area contributed by atoms with Gasteiger partial charge in [0, 0.05) is 24.5 Å². The van der Waals surface area contributed by atoms with Gasteiger partial charge in [0.1, 0.15) is 0 Å². The molecule has 1 aliphatic heterocycles. The molecule has 0 spiro atoms. The summed E-state index contributed by atoms with van der Waals surface area (Å²) in [4.78, 5) is 4.06. The third-order valence-electron chi connectivity index (χ3n) is 3.80. The van der Waals surface area contributed by atoms with Gasteiger partial charge in [-0.25, -0.2) is 10.9 Å². The molecular weight excluding hydrogens is 234 g/mol. The van der Waals surface area contributed by atoms with E-state index < -0.39 is 0 Å². The zero-order chi connectivity index (χ0) is 13.1. The van der Waals surface area contributed by atoms with E-state index in [-0.39, 0.29) is 0 Å². The molecule has 2 unspecified atom stereocenters. The third-order valence-corrected chi connectivity index (χ3v) is 3.80. The number of hydrogen-bond donors (Lipinski definition) is 2. The van der Waals surface area contributed by atoms with E-state index in [9.17, 15) is 0 Å². The van der Waals surface area contributed by atoms with Crippen molar-refractivity contribution in [2.45, 2.75) is 31.8 Å². The quantitative estimate of drug-likeness (QED) is 0.883. The van der Waals surface area contributed by atoms with Crippen molar-refractivity contribution in [2.24, 2.45) is 0 Å². The third kappa shape index (κ3) is 2.67. The molecule has 2 atom stereocenters. The number of aryl methyl sites for hydroxylation is 1. The van der Waals surface area contributed by atoms with E-state index in [1.165, 1.54) is 16.7 Å². The standard InChI is InChI=1S/C16H19N3/c1-2-12-3-5-13(6-4-12)15-11-16(19-18-15)14-7-9-17-10-8-14/h3-10,15-16,18-19H,2,11H2,1H3. The molecule has 1 saturated heterocycles. The molecule has 3 heteroatoms. The predicted molar refractivity (Wildman–Crippen MR) is 76.4 cm³/mol. The van der Waals surface area contributed by atoms with Crippen LogP contribution in [-0.4, -0.2) is 4.98 Å². The summed E-state index contributed by atoms with van der Waals surface area (Å²) in [7, 11) is 0. The molecule has 1 aromatic carbocycles. The monoisotopic (exact) mass is 253 g/mol. The lowest BCUT2D eigenvalue weighted by molar-refractivity contribution is 0.554. The van der Waals surface area contributed by atoms with E-state index in [0.29, 0.717) is 12.1 Å². The van der Waals surface area contributed by atoms with Crippen LogP contribution in [-0.2, 0) is 6.42 Å². The summed E-state index contributed by atoms with van der Waals surface area (Å²) >= 11 is 0. The molecular formula is C16H19N3. The molecule has 0 amide bonds. The molecule has 1 aromatic heterocycles. The molecule has 0 saturated carbocycles. The summed E-state index contributed by atoms with van der Waals surface area (Å²) in [5, 5.41) is 0. The highest BCUT2D eigenvalue weighted by Crippen LogP contribution is 2.30. The number of pyridine rings is 1. The van der Waals surface area contributed by atoms with Gasteiger partial charge in [-0.2, -0.15) is 0 Å². The minimum Gasteiger partial charge on any atom is -0.265 e. The highest BCUT2D eigenvalue weighted by molar-refractivity contribution is 5.27. The maximum atomic E-state index is 4.06. The van der Waals surface area contributed by atoms with Gasteiger partial charge >= 0.3 is 0 Å². The largest absolute Gasteiger partial charge is 0.265 e. The first-order chi connectivity index (χ1) is 9.36. The number of hydrogen-bond acceptors (Lipinski definition) is 3. The summed E-state index contributed by atoms with van der Waals surface area (Å²) in [6.45, 7) is 2.18. The van der Waals surface area contributed by atoms with Gasteiger partial charge < -0.3 is 0 Å². The maximum Gasteiger partial charge on any atom is 0.0482 e. The fourth-order valence-electron chi connectivity index (χ4n) is 2.57. The Hall–Kier alpha value is -1.71. The van der Waals surface area contributed by atoms with Gasteiger partial charge in [-0.05, 0) is 41.7 Å². The molecule has 0 aliphatic carbocycles. The highest BCUT2D eigenvalue weighted by atomic mass is 15.4. The van der Waals surface area contributed by atoms with Crippen LogP contribution >= 0.6 is 0 Å². The summed E-state index contributed by atoms with van der Waals surface area (Å²) < 4.78 is 0. The van der Waals surface area contributed by atoms with Crippen LogP contribution in [0.1, 0.15) is 42.1 Å². The lowest BCUT2D eigenvalue weighted by atomic mass is 9.97. The van der Waals surface area contributed by atoms with Crippen molar-refractivity contribution in [1.29, 1.82) is 0 Å². The Labute approximate surface area is 114 Å². The lowest BCUT2D eigenvalue weighted by Gasteiger charge is -2.10. The zero-order valence-electron chi connectivity index (χ0n) is 11.1. The Morgan fingerprint density at radius 1 is 0.947 bits per heavy atom. The minimum absolute atomic E-state index is 0.360. The van der Waals surface area contributed by atoms with Crippen molar-refractivity contribution in [1.82, 2.24) is 15.8 Å². The Kier molecular flexibility index (Phi) is 3.58. The van der Waals surface area contributed by atoms with E-state index in [1.807, 2.05) is 12.4 Å². The average molecular weight is 253 g/mol. The molecule has 1 fully saturated rings. The minimum atomic E-state index is 0.360. The van der Waals surface area contributed by atoms with Gasteiger partial charge in [0.15, 0.2) is 0 Å². The van der Waals surface area contributed by atoms with Crippen molar-refractivity contribution in [3.8, 4) is 0 Å². The SMILES string of the molecule is CCc1ccc(C2CC(c3ccncc3)NN2)cc1. The van der Waals surface area contributed by atoms with Crippen LogP contribution in [0, 0.1) is 0 Å². The molecule has 3 rings (SSSR count). The number of nitrogens with zero attached hydrogens (tertiary/aromatic N) is 1. The Bertz CT molecular complexity index is 521. The normalized spacial score (nSPS) is 22.6. The fraction of sp³-hybridized carbons (Fsp3) is 0.312. The molecule has 2 N–H and O–H groups in total. The Balaban J connectivity index is 1.71.